The molecule has 0 atom stereocenters. The number of carbonyl (C=O) groups excluding carboxylic acids is 1. The summed E-state index contributed by atoms with van der Waals surface area (Å²) in [4.78, 5) is 13.1. The number of aryl methyl sites for hydroxylation is 1. The highest BCUT2D eigenvalue weighted by atomic mass is 16.1. The van der Waals surface area contributed by atoms with Crippen LogP contribution in [0.25, 0.3) is 0 Å². The molecule has 0 aliphatic carbocycles. The SMILES string of the molecule is Cc1cc(CCN=C=O)n[nH]1. The Hall–Kier alpha value is -1.41. The molecule has 0 aliphatic rings. The van der Waals surface area contributed by atoms with E-state index in [0.29, 0.717) is 13.0 Å². The lowest BCUT2D eigenvalue weighted by atomic mass is 10.3. The average molecular weight is 151 g/mol. The fraction of sp³-hybridized carbons (Fsp3) is 0.429. The van der Waals surface area contributed by atoms with Crippen molar-refractivity contribution in [2.45, 2.75) is 13.3 Å². The molecule has 0 saturated carbocycles. The second kappa shape index (κ2) is 3.68. The van der Waals surface area contributed by atoms with Crippen molar-refractivity contribution >= 4 is 6.08 Å². The lowest BCUT2D eigenvalue weighted by Gasteiger charge is -1.85. The maximum Gasteiger partial charge on any atom is 0.234 e. The van der Waals surface area contributed by atoms with Crippen LogP contribution in [-0.2, 0) is 11.2 Å². The summed E-state index contributed by atoms with van der Waals surface area (Å²) in [6.07, 6.45) is 2.18. The highest BCUT2D eigenvalue weighted by Crippen LogP contribution is 1.97. The van der Waals surface area contributed by atoms with Crippen molar-refractivity contribution < 1.29 is 4.79 Å². The fourth-order valence-corrected chi connectivity index (χ4v) is 0.819. The van der Waals surface area contributed by atoms with E-state index in [4.69, 9.17) is 0 Å². The van der Waals surface area contributed by atoms with E-state index < -0.39 is 0 Å². The van der Waals surface area contributed by atoms with Gasteiger partial charge in [0.05, 0.1) is 12.2 Å². The van der Waals surface area contributed by atoms with Crippen LogP contribution >= 0.6 is 0 Å². The first kappa shape index (κ1) is 7.69. The normalized spacial score (nSPS) is 9.18. The van der Waals surface area contributed by atoms with Gasteiger partial charge in [-0.1, -0.05) is 0 Å². The quantitative estimate of drug-likeness (QED) is 0.508. The third-order valence-electron chi connectivity index (χ3n) is 1.30. The van der Waals surface area contributed by atoms with Gasteiger partial charge in [0.25, 0.3) is 0 Å². The summed E-state index contributed by atoms with van der Waals surface area (Å²) in [6.45, 7) is 2.40. The number of isocyanates is 1. The number of rotatable bonds is 3. The zero-order valence-electron chi connectivity index (χ0n) is 6.29. The molecule has 58 valence electrons. The molecule has 1 rings (SSSR count). The van der Waals surface area contributed by atoms with Crippen LogP contribution in [0, 0.1) is 6.92 Å². The lowest BCUT2D eigenvalue weighted by molar-refractivity contribution is 0.563. The minimum atomic E-state index is 0.466. The first-order valence-corrected chi connectivity index (χ1v) is 3.37. The van der Waals surface area contributed by atoms with Crippen LogP contribution in [0.5, 0.6) is 0 Å². The molecule has 1 aromatic rings. The number of aromatic amines is 1. The molecule has 0 amide bonds. The van der Waals surface area contributed by atoms with E-state index in [0.717, 1.165) is 11.4 Å². The molecular formula is C7H9N3O. The second-order valence-electron chi connectivity index (χ2n) is 2.27. The highest BCUT2D eigenvalue weighted by Gasteiger charge is 1.95. The molecule has 1 N–H and O–H groups in total. The van der Waals surface area contributed by atoms with Crippen molar-refractivity contribution in [3.63, 3.8) is 0 Å². The Bertz CT molecular complexity index is 273. The molecule has 11 heavy (non-hydrogen) atoms. The number of aliphatic imine (C=N–C) groups is 1. The predicted octanol–water partition coefficient (Wildman–Crippen LogP) is 0.596. The van der Waals surface area contributed by atoms with Gasteiger partial charge in [0.1, 0.15) is 0 Å². The van der Waals surface area contributed by atoms with E-state index in [1.807, 2.05) is 13.0 Å². The maximum absolute atomic E-state index is 9.68. The smallest absolute Gasteiger partial charge is 0.234 e. The maximum atomic E-state index is 9.68. The number of aromatic nitrogens is 2. The van der Waals surface area contributed by atoms with Gasteiger partial charge in [0.15, 0.2) is 0 Å². The van der Waals surface area contributed by atoms with Gasteiger partial charge in [-0.3, -0.25) is 5.10 Å². The number of hydrogen-bond donors (Lipinski definition) is 1. The molecule has 1 aromatic heterocycles. The van der Waals surface area contributed by atoms with Crippen LogP contribution in [-0.4, -0.2) is 22.8 Å². The Morgan fingerprint density at radius 3 is 3.18 bits per heavy atom. The monoisotopic (exact) mass is 151 g/mol. The molecule has 0 saturated heterocycles. The fourth-order valence-electron chi connectivity index (χ4n) is 0.819. The summed E-state index contributed by atoms with van der Waals surface area (Å²) in [5.41, 5.74) is 1.96. The van der Waals surface area contributed by atoms with Crippen LogP contribution in [0.2, 0.25) is 0 Å². The number of nitrogens with one attached hydrogen (secondary N) is 1. The Morgan fingerprint density at radius 1 is 1.82 bits per heavy atom. The summed E-state index contributed by atoms with van der Waals surface area (Å²) in [6, 6.07) is 1.93. The van der Waals surface area contributed by atoms with E-state index in [-0.39, 0.29) is 0 Å². The molecule has 4 heteroatoms. The van der Waals surface area contributed by atoms with Crippen LogP contribution in [0.4, 0.5) is 0 Å². The Morgan fingerprint density at radius 2 is 2.64 bits per heavy atom. The molecule has 0 unspecified atom stereocenters. The van der Waals surface area contributed by atoms with Crippen molar-refractivity contribution in [1.29, 1.82) is 0 Å². The van der Waals surface area contributed by atoms with Gasteiger partial charge in [0, 0.05) is 12.1 Å². The second-order valence-corrected chi connectivity index (χ2v) is 2.27. The molecule has 0 bridgehead atoms. The summed E-state index contributed by atoms with van der Waals surface area (Å²) >= 11 is 0. The minimum Gasteiger partial charge on any atom is -0.283 e. The van der Waals surface area contributed by atoms with Gasteiger partial charge in [-0.2, -0.15) is 5.10 Å². The van der Waals surface area contributed by atoms with Gasteiger partial charge in [-0.15, -0.1) is 0 Å². The van der Waals surface area contributed by atoms with Gasteiger partial charge < -0.3 is 0 Å². The topological polar surface area (TPSA) is 58.1 Å². The van der Waals surface area contributed by atoms with Crippen molar-refractivity contribution in [2.75, 3.05) is 6.54 Å². The summed E-state index contributed by atoms with van der Waals surface area (Å²) < 4.78 is 0. The molecule has 0 spiro atoms. The molecular weight excluding hydrogens is 142 g/mol. The molecule has 4 nitrogen and oxygen atoms in total. The number of H-pyrrole nitrogens is 1. The lowest BCUT2D eigenvalue weighted by Crippen LogP contribution is -1.88. The summed E-state index contributed by atoms with van der Waals surface area (Å²) in [5.74, 6) is 0. The molecule has 0 fully saturated rings. The minimum absolute atomic E-state index is 0.466. The molecule has 0 aromatic carbocycles. The van der Waals surface area contributed by atoms with E-state index in [1.165, 1.54) is 6.08 Å². The molecule has 1 heterocycles. The first-order valence-electron chi connectivity index (χ1n) is 3.37. The van der Waals surface area contributed by atoms with Crippen molar-refractivity contribution in [3.8, 4) is 0 Å². The van der Waals surface area contributed by atoms with Crippen molar-refractivity contribution in [1.82, 2.24) is 10.2 Å². The number of nitrogens with zero attached hydrogens (tertiary/aromatic N) is 2. The molecule has 0 radical (unpaired) electrons. The average Bonchev–Trinajstić information content (AvgIpc) is 2.37. The van der Waals surface area contributed by atoms with Gasteiger partial charge in [-0.25, -0.2) is 9.79 Å². The summed E-state index contributed by atoms with van der Waals surface area (Å²) in [5, 5.41) is 6.78. The Kier molecular flexibility index (Phi) is 2.58. The van der Waals surface area contributed by atoms with Gasteiger partial charge in [0.2, 0.25) is 6.08 Å². The largest absolute Gasteiger partial charge is 0.283 e. The first-order chi connectivity index (χ1) is 5.33. The van der Waals surface area contributed by atoms with Crippen molar-refractivity contribution in [3.05, 3.63) is 17.5 Å². The third-order valence-corrected chi connectivity index (χ3v) is 1.30. The Balaban J connectivity index is 2.44. The van der Waals surface area contributed by atoms with E-state index in [1.54, 1.807) is 0 Å². The number of hydrogen-bond acceptors (Lipinski definition) is 3. The standard InChI is InChI=1S/C7H9N3O/c1-6-4-7(10-9-6)2-3-8-5-11/h4H,2-3H2,1H3,(H,9,10). The molecule has 0 aliphatic heterocycles. The highest BCUT2D eigenvalue weighted by molar-refractivity contribution is 5.32. The zero-order valence-corrected chi connectivity index (χ0v) is 6.29. The van der Waals surface area contributed by atoms with Crippen LogP contribution in [0.1, 0.15) is 11.4 Å². The van der Waals surface area contributed by atoms with Crippen LogP contribution < -0.4 is 0 Å². The van der Waals surface area contributed by atoms with Crippen molar-refractivity contribution in [2.24, 2.45) is 4.99 Å². The van der Waals surface area contributed by atoms with Crippen LogP contribution in [0.15, 0.2) is 11.1 Å². The summed E-state index contributed by atoms with van der Waals surface area (Å²) in [7, 11) is 0. The zero-order chi connectivity index (χ0) is 8.10. The Labute approximate surface area is 64.3 Å². The van der Waals surface area contributed by atoms with Crippen LogP contribution in [0.3, 0.4) is 0 Å². The van der Waals surface area contributed by atoms with E-state index in [2.05, 4.69) is 15.2 Å². The van der Waals surface area contributed by atoms with E-state index >= 15 is 0 Å². The predicted molar refractivity (Wildman–Crippen MR) is 40.0 cm³/mol. The van der Waals surface area contributed by atoms with Gasteiger partial charge in [-0.05, 0) is 13.0 Å². The van der Waals surface area contributed by atoms with Gasteiger partial charge >= 0.3 is 0 Å². The van der Waals surface area contributed by atoms with E-state index in [9.17, 15) is 4.79 Å². The third kappa shape index (κ3) is 2.35.